The molecule has 0 aliphatic carbocycles. The number of benzene rings is 1. The van der Waals surface area contributed by atoms with Crippen LogP contribution in [0, 0.1) is 5.82 Å². The topological polar surface area (TPSA) is 75.1 Å². The molecular weight excluding hydrogens is 275 g/mol. The monoisotopic (exact) mass is 292 g/mol. The molecular formula is C15H17FN2O3. The van der Waals surface area contributed by atoms with Crippen LogP contribution < -0.4 is 5.56 Å². The highest BCUT2D eigenvalue weighted by Crippen LogP contribution is 2.23. The summed E-state index contributed by atoms with van der Waals surface area (Å²) >= 11 is 0. The summed E-state index contributed by atoms with van der Waals surface area (Å²) in [5, 5.41) is 11.9. The van der Waals surface area contributed by atoms with E-state index in [0.29, 0.717) is 11.4 Å². The van der Waals surface area contributed by atoms with E-state index >= 15 is 0 Å². The lowest BCUT2D eigenvalue weighted by molar-refractivity contribution is -0.136. The highest BCUT2D eigenvalue weighted by molar-refractivity contribution is 5.70. The average Bonchev–Trinajstić information content (AvgIpc) is 2.68. The van der Waals surface area contributed by atoms with Crippen molar-refractivity contribution in [3.63, 3.8) is 0 Å². The molecule has 2 aromatic rings. The van der Waals surface area contributed by atoms with Crippen LogP contribution in [-0.2, 0) is 16.6 Å². The maximum Gasteiger partial charge on any atom is 0.308 e. The third kappa shape index (κ3) is 3.04. The normalized spacial score (nSPS) is 11.6. The van der Waals surface area contributed by atoms with Crippen LogP contribution in [0.4, 0.5) is 4.39 Å². The molecule has 0 radical (unpaired) electrons. The van der Waals surface area contributed by atoms with Gasteiger partial charge in [0, 0.05) is 11.1 Å². The Bertz CT molecular complexity index is 721. The van der Waals surface area contributed by atoms with Crippen LogP contribution in [0.25, 0.3) is 5.69 Å². The van der Waals surface area contributed by atoms with Crippen LogP contribution in [0.5, 0.6) is 0 Å². The van der Waals surface area contributed by atoms with Gasteiger partial charge >= 0.3 is 5.97 Å². The van der Waals surface area contributed by atoms with Gasteiger partial charge in [0.05, 0.1) is 17.7 Å². The van der Waals surface area contributed by atoms with Crippen molar-refractivity contribution in [3.8, 4) is 5.69 Å². The fourth-order valence-corrected chi connectivity index (χ4v) is 2.18. The van der Waals surface area contributed by atoms with Gasteiger partial charge in [-0.3, -0.25) is 14.7 Å². The van der Waals surface area contributed by atoms with E-state index in [2.05, 4.69) is 5.10 Å². The van der Waals surface area contributed by atoms with Crippen LogP contribution in [0.1, 0.15) is 32.0 Å². The molecule has 1 aromatic carbocycles. The number of carboxylic acid groups (broad SMARTS) is 1. The van der Waals surface area contributed by atoms with E-state index in [1.807, 2.05) is 20.8 Å². The first kappa shape index (κ1) is 15.0. The number of aliphatic carboxylic acids is 1. The molecule has 2 N–H and O–H groups in total. The lowest BCUT2D eigenvalue weighted by Gasteiger charge is -2.17. The maximum atomic E-state index is 13.0. The Kier molecular flexibility index (Phi) is 3.72. The van der Waals surface area contributed by atoms with Crippen LogP contribution in [-0.4, -0.2) is 20.9 Å². The van der Waals surface area contributed by atoms with Gasteiger partial charge in [0.25, 0.3) is 5.56 Å². The molecule has 0 amide bonds. The molecule has 0 aliphatic heterocycles. The van der Waals surface area contributed by atoms with Crippen molar-refractivity contribution in [2.24, 2.45) is 0 Å². The molecule has 0 fully saturated rings. The first-order chi connectivity index (χ1) is 9.70. The van der Waals surface area contributed by atoms with Crippen molar-refractivity contribution >= 4 is 5.97 Å². The van der Waals surface area contributed by atoms with Crippen LogP contribution in [0.2, 0.25) is 0 Å². The Balaban J connectivity index is 2.64. The molecule has 21 heavy (non-hydrogen) atoms. The SMILES string of the molecule is CC(C)(C)c1[nH]n(-c2ccc(F)cc2)c(=O)c1CC(=O)O. The predicted molar refractivity (Wildman–Crippen MR) is 76.4 cm³/mol. The van der Waals surface area contributed by atoms with Gasteiger partial charge in [-0.1, -0.05) is 20.8 Å². The average molecular weight is 292 g/mol. The number of hydrogen-bond donors (Lipinski definition) is 2. The fourth-order valence-electron chi connectivity index (χ4n) is 2.18. The van der Waals surface area contributed by atoms with Gasteiger partial charge in [-0.05, 0) is 24.3 Å². The molecule has 0 unspecified atom stereocenters. The third-order valence-corrected chi connectivity index (χ3v) is 3.15. The molecule has 5 nitrogen and oxygen atoms in total. The molecule has 0 aliphatic rings. The number of carbonyl (C=O) groups is 1. The van der Waals surface area contributed by atoms with E-state index in [4.69, 9.17) is 5.11 Å². The quantitative estimate of drug-likeness (QED) is 0.911. The Morgan fingerprint density at radius 3 is 2.33 bits per heavy atom. The van der Waals surface area contributed by atoms with Gasteiger partial charge in [0.15, 0.2) is 0 Å². The molecule has 0 bridgehead atoms. The first-order valence-corrected chi connectivity index (χ1v) is 6.52. The van der Waals surface area contributed by atoms with Crippen LogP contribution >= 0.6 is 0 Å². The smallest absolute Gasteiger partial charge is 0.308 e. The van der Waals surface area contributed by atoms with Gasteiger partial charge < -0.3 is 5.11 Å². The summed E-state index contributed by atoms with van der Waals surface area (Å²) in [6.07, 6.45) is -0.351. The van der Waals surface area contributed by atoms with Crippen molar-refractivity contribution < 1.29 is 14.3 Å². The summed E-state index contributed by atoms with van der Waals surface area (Å²) in [4.78, 5) is 23.4. The third-order valence-electron chi connectivity index (χ3n) is 3.15. The van der Waals surface area contributed by atoms with Crippen molar-refractivity contribution in [2.75, 3.05) is 0 Å². The number of carboxylic acids is 1. The van der Waals surface area contributed by atoms with Crippen molar-refractivity contribution in [3.05, 3.63) is 51.7 Å². The Hall–Kier alpha value is -2.37. The van der Waals surface area contributed by atoms with Crippen molar-refractivity contribution in [1.29, 1.82) is 0 Å². The number of rotatable bonds is 3. The van der Waals surface area contributed by atoms with E-state index in [0.717, 1.165) is 0 Å². The van der Waals surface area contributed by atoms with Gasteiger partial charge in [0.1, 0.15) is 5.82 Å². The number of nitrogens with one attached hydrogen (secondary N) is 1. The number of halogens is 1. The second-order valence-corrected chi connectivity index (χ2v) is 5.90. The van der Waals surface area contributed by atoms with E-state index in [1.165, 1.54) is 28.9 Å². The minimum atomic E-state index is -1.07. The van der Waals surface area contributed by atoms with E-state index in [9.17, 15) is 14.0 Å². The van der Waals surface area contributed by atoms with Crippen molar-refractivity contribution in [2.45, 2.75) is 32.6 Å². The van der Waals surface area contributed by atoms with E-state index in [-0.39, 0.29) is 12.0 Å². The standard InChI is InChI=1S/C15H17FN2O3/c1-15(2,3)13-11(8-12(19)20)14(21)18(17-13)10-6-4-9(16)5-7-10/h4-7,17H,8H2,1-3H3,(H,19,20). The zero-order valence-corrected chi connectivity index (χ0v) is 12.1. The summed E-state index contributed by atoms with van der Waals surface area (Å²) in [5.41, 5.74) is 0.422. The zero-order valence-electron chi connectivity index (χ0n) is 12.1. The minimum Gasteiger partial charge on any atom is -0.481 e. The largest absolute Gasteiger partial charge is 0.481 e. The maximum absolute atomic E-state index is 13.0. The number of nitrogens with zero attached hydrogens (tertiary/aromatic N) is 1. The van der Waals surface area contributed by atoms with Crippen LogP contribution in [0.15, 0.2) is 29.1 Å². The molecule has 1 heterocycles. The van der Waals surface area contributed by atoms with Gasteiger partial charge in [0.2, 0.25) is 0 Å². The van der Waals surface area contributed by atoms with Crippen molar-refractivity contribution in [1.82, 2.24) is 9.78 Å². The summed E-state index contributed by atoms with van der Waals surface area (Å²) in [5.74, 6) is -1.47. The molecule has 0 saturated heterocycles. The molecule has 6 heteroatoms. The molecule has 0 atom stereocenters. The molecule has 1 aromatic heterocycles. The first-order valence-electron chi connectivity index (χ1n) is 6.52. The summed E-state index contributed by atoms with van der Waals surface area (Å²) in [6.45, 7) is 5.66. The Morgan fingerprint density at radius 1 is 1.29 bits per heavy atom. The van der Waals surface area contributed by atoms with Gasteiger partial charge in [-0.15, -0.1) is 0 Å². The number of hydrogen-bond acceptors (Lipinski definition) is 2. The number of aromatic amines is 1. The Labute approximate surface area is 121 Å². The number of aromatic nitrogens is 2. The molecule has 0 saturated carbocycles. The van der Waals surface area contributed by atoms with E-state index < -0.39 is 22.8 Å². The van der Waals surface area contributed by atoms with Crippen LogP contribution in [0.3, 0.4) is 0 Å². The van der Waals surface area contributed by atoms with Gasteiger partial charge in [-0.2, -0.15) is 0 Å². The highest BCUT2D eigenvalue weighted by Gasteiger charge is 2.26. The Morgan fingerprint density at radius 2 is 1.86 bits per heavy atom. The minimum absolute atomic E-state index is 0.222. The zero-order chi connectivity index (χ0) is 15.8. The van der Waals surface area contributed by atoms with Gasteiger partial charge in [-0.25, -0.2) is 9.07 Å². The summed E-state index contributed by atoms with van der Waals surface area (Å²) in [7, 11) is 0. The summed E-state index contributed by atoms with van der Waals surface area (Å²) < 4.78 is 14.2. The fraction of sp³-hybridized carbons (Fsp3) is 0.333. The molecule has 2 rings (SSSR count). The molecule has 0 spiro atoms. The molecule has 112 valence electrons. The summed E-state index contributed by atoms with van der Waals surface area (Å²) in [6, 6.07) is 5.42. The lowest BCUT2D eigenvalue weighted by atomic mass is 9.89. The lowest BCUT2D eigenvalue weighted by Crippen LogP contribution is -2.21. The number of H-pyrrole nitrogens is 1. The predicted octanol–water partition coefficient (Wildman–Crippen LogP) is 2.23. The second kappa shape index (κ2) is 5.20. The second-order valence-electron chi connectivity index (χ2n) is 5.90. The highest BCUT2D eigenvalue weighted by atomic mass is 19.1. The van der Waals surface area contributed by atoms with E-state index in [1.54, 1.807) is 0 Å².